The van der Waals surface area contributed by atoms with E-state index < -0.39 is 10.1 Å². The molecule has 0 unspecified atom stereocenters. The lowest BCUT2D eigenvalue weighted by Crippen LogP contribution is -2.05. The lowest BCUT2D eigenvalue weighted by molar-refractivity contribution is 0.419. The summed E-state index contributed by atoms with van der Waals surface area (Å²) in [6.07, 6.45) is 2.89. The van der Waals surface area contributed by atoms with E-state index in [1.54, 1.807) is 25.1 Å². The molecule has 0 bridgehead atoms. The average molecular weight is 238 g/mol. The third-order valence-corrected chi connectivity index (χ3v) is 3.26. The van der Waals surface area contributed by atoms with Gasteiger partial charge in [-0.05, 0) is 38.1 Å². The second-order valence-corrected chi connectivity index (χ2v) is 4.79. The van der Waals surface area contributed by atoms with Gasteiger partial charge >= 0.3 is 10.1 Å². The Morgan fingerprint density at radius 1 is 1.31 bits per heavy atom. The van der Waals surface area contributed by atoms with Crippen molar-refractivity contribution in [2.45, 2.75) is 18.7 Å². The molecule has 1 aromatic rings. The average Bonchev–Trinajstić information content (AvgIpc) is 2.26. The van der Waals surface area contributed by atoms with Crippen LogP contribution in [0.25, 0.3) is 0 Å². The van der Waals surface area contributed by atoms with Crippen LogP contribution in [-0.2, 0) is 14.3 Å². The van der Waals surface area contributed by atoms with Gasteiger partial charge in [-0.25, -0.2) is 0 Å². The number of hydrogen-bond acceptors (Lipinski definition) is 3. The summed E-state index contributed by atoms with van der Waals surface area (Å²) in [6.45, 7) is 7.04. The van der Waals surface area contributed by atoms with Crippen molar-refractivity contribution in [3.05, 3.63) is 54.3 Å². The SMILES string of the molecule is C=CC(=CC)OS(=O)(=O)c1ccc(C)cc1. The van der Waals surface area contributed by atoms with Gasteiger partial charge in [0, 0.05) is 0 Å². The molecule has 0 N–H and O–H groups in total. The molecule has 0 saturated heterocycles. The Kier molecular flexibility index (Phi) is 3.90. The van der Waals surface area contributed by atoms with E-state index in [2.05, 4.69) is 6.58 Å². The monoisotopic (exact) mass is 238 g/mol. The van der Waals surface area contributed by atoms with Gasteiger partial charge < -0.3 is 4.18 Å². The Morgan fingerprint density at radius 3 is 2.31 bits per heavy atom. The fraction of sp³-hybridized carbons (Fsp3) is 0.167. The Balaban J connectivity index is 3.03. The summed E-state index contributed by atoms with van der Waals surface area (Å²) in [4.78, 5) is 0.138. The minimum absolute atomic E-state index is 0.138. The molecule has 3 nitrogen and oxygen atoms in total. The third kappa shape index (κ3) is 2.97. The van der Waals surface area contributed by atoms with Crippen LogP contribution in [0.15, 0.2) is 53.7 Å². The fourth-order valence-electron chi connectivity index (χ4n) is 1.08. The summed E-state index contributed by atoms with van der Waals surface area (Å²) in [5.74, 6) is 0.223. The molecule has 0 saturated carbocycles. The normalized spacial score (nSPS) is 12.2. The zero-order valence-electron chi connectivity index (χ0n) is 9.30. The molecule has 0 amide bonds. The second kappa shape index (κ2) is 4.99. The lowest BCUT2D eigenvalue weighted by Gasteiger charge is -2.07. The predicted molar refractivity (Wildman–Crippen MR) is 63.4 cm³/mol. The first-order chi connectivity index (χ1) is 7.49. The smallest absolute Gasteiger partial charge is 0.339 e. The van der Waals surface area contributed by atoms with Crippen LogP contribution in [0.2, 0.25) is 0 Å². The minimum Gasteiger partial charge on any atom is -0.379 e. The minimum atomic E-state index is -3.74. The highest BCUT2D eigenvalue weighted by atomic mass is 32.2. The largest absolute Gasteiger partial charge is 0.379 e. The maximum Gasteiger partial charge on any atom is 0.339 e. The molecule has 4 heteroatoms. The van der Waals surface area contributed by atoms with Gasteiger partial charge in [0.05, 0.1) is 0 Å². The van der Waals surface area contributed by atoms with Gasteiger partial charge in [-0.3, -0.25) is 0 Å². The van der Waals surface area contributed by atoms with Gasteiger partial charge in [0.25, 0.3) is 0 Å². The molecule has 0 aliphatic heterocycles. The first-order valence-electron chi connectivity index (χ1n) is 4.79. The zero-order valence-corrected chi connectivity index (χ0v) is 10.1. The topological polar surface area (TPSA) is 43.4 Å². The summed E-state index contributed by atoms with van der Waals surface area (Å²) in [7, 11) is -3.74. The zero-order chi connectivity index (χ0) is 12.2. The van der Waals surface area contributed by atoms with E-state index in [0.29, 0.717) is 0 Å². The standard InChI is InChI=1S/C12H14O3S/c1-4-11(5-2)15-16(13,14)12-8-6-10(3)7-9-12/h4-9H,1H2,2-3H3. The van der Waals surface area contributed by atoms with Crippen LogP contribution in [0.4, 0.5) is 0 Å². The van der Waals surface area contributed by atoms with Crippen LogP contribution in [-0.4, -0.2) is 8.42 Å². The van der Waals surface area contributed by atoms with E-state index in [1.165, 1.54) is 18.2 Å². The van der Waals surface area contributed by atoms with E-state index in [0.717, 1.165) is 5.56 Å². The van der Waals surface area contributed by atoms with Crippen molar-refractivity contribution in [2.24, 2.45) is 0 Å². The van der Waals surface area contributed by atoms with Crippen molar-refractivity contribution in [2.75, 3.05) is 0 Å². The van der Waals surface area contributed by atoms with Gasteiger partial charge in [0.15, 0.2) is 0 Å². The van der Waals surface area contributed by atoms with Crippen LogP contribution < -0.4 is 0 Å². The van der Waals surface area contributed by atoms with Crippen LogP contribution in [0.3, 0.4) is 0 Å². The first-order valence-corrected chi connectivity index (χ1v) is 6.20. The Hall–Kier alpha value is -1.55. The van der Waals surface area contributed by atoms with Crippen molar-refractivity contribution < 1.29 is 12.6 Å². The number of rotatable bonds is 4. The number of benzene rings is 1. The Bertz CT molecular complexity index is 496. The van der Waals surface area contributed by atoms with E-state index in [-0.39, 0.29) is 10.7 Å². The van der Waals surface area contributed by atoms with Gasteiger partial charge in [-0.2, -0.15) is 8.42 Å². The molecular formula is C12H14O3S. The number of hydrogen-bond donors (Lipinski definition) is 0. The maximum atomic E-state index is 11.8. The van der Waals surface area contributed by atoms with Crippen molar-refractivity contribution in [3.8, 4) is 0 Å². The van der Waals surface area contributed by atoms with Gasteiger partial charge in [-0.1, -0.05) is 24.3 Å². The highest BCUT2D eigenvalue weighted by Gasteiger charge is 2.15. The molecule has 1 aromatic carbocycles. The molecule has 0 fully saturated rings. The fourth-order valence-corrected chi connectivity index (χ4v) is 2.06. The molecule has 0 heterocycles. The predicted octanol–water partition coefficient (Wildman–Crippen LogP) is 2.79. The quantitative estimate of drug-likeness (QED) is 0.460. The summed E-state index contributed by atoms with van der Waals surface area (Å²) in [6, 6.07) is 6.47. The van der Waals surface area contributed by atoms with Crippen molar-refractivity contribution in [1.82, 2.24) is 0 Å². The van der Waals surface area contributed by atoms with E-state index >= 15 is 0 Å². The van der Waals surface area contributed by atoms with Crippen LogP contribution >= 0.6 is 0 Å². The number of aryl methyl sites for hydroxylation is 1. The summed E-state index contributed by atoms with van der Waals surface area (Å²) >= 11 is 0. The maximum absolute atomic E-state index is 11.8. The van der Waals surface area contributed by atoms with Crippen LogP contribution in [0.1, 0.15) is 12.5 Å². The third-order valence-electron chi connectivity index (χ3n) is 2.00. The van der Waals surface area contributed by atoms with Gasteiger partial charge in [-0.15, -0.1) is 0 Å². The van der Waals surface area contributed by atoms with E-state index in [1.807, 2.05) is 6.92 Å². The van der Waals surface area contributed by atoms with Crippen LogP contribution in [0.5, 0.6) is 0 Å². The number of allylic oxidation sites excluding steroid dienone is 2. The molecule has 0 atom stereocenters. The second-order valence-electron chi connectivity index (χ2n) is 3.25. The van der Waals surface area contributed by atoms with Gasteiger partial charge in [0.1, 0.15) is 10.7 Å². The summed E-state index contributed by atoms with van der Waals surface area (Å²) < 4.78 is 28.4. The van der Waals surface area contributed by atoms with E-state index in [9.17, 15) is 8.42 Å². The molecule has 0 aromatic heterocycles. The molecule has 16 heavy (non-hydrogen) atoms. The van der Waals surface area contributed by atoms with Gasteiger partial charge in [0.2, 0.25) is 0 Å². The Morgan fingerprint density at radius 2 is 1.88 bits per heavy atom. The lowest BCUT2D eigenvalue weighted by atomic mass is 10.2. The van der Waals surface area contributed by atoms with E-state index in [4.69, 9.17) is 4.18 Å². The molecule has 86 valence electrons. The summed E-state index contributed by atoms with van der Waals surface area (Å²) in [5.41, 5.74) is 0.994. The van der Waals surface area contributed by atoms with Crippen molar-refractivity contribution >= 4 is 10.1 Å². The molecule has 0 aliphatic rings. The molecule has 1 rings (SSSR count). The molecular weight excluding hydrogens is 224 g/mol. The highest BCUT2D eigenvalue weighted by Crippen LogP contribution is 2.16. The molecule has 0 aliphatic carbocycles. The molecule has 0 radical (unpaired) electrons. The van der Waals surface area contributed by atoms with Crippen molar-refractivity contribution in [3.63, 3.8) is 0 Å². The van der Waals surface area contributed by atoms with Crippen molar-refractivity contribution in [1.29, 1.82) is 0 Å². The highest BCUT2D eigenvalue weighted by molar-refractivity contribution is 7.86. The summed E-state index contributed by atoms with van der Waals surface area (Å²) in [5, 5.41) is 0. The molecule has 0 spiro atoms. The first kappa shape index (κ1) is 12.5. The Labute approximate surface area is 96.2 Å². The van der Waals surface area contributed by atoms with Crippen LogP contribution in [0, 0.1) is 6.92 Å².